The zero-order valence-corrected chi connectivity index (χ0v) is 11.7. The number of carbonyl (C=O) groups is 1. The Morgan fingerprint density at radius 2 is 2.17 bits per heavy atom. The van der Waals surface area contributed by atoms with Crippen LogP contribution in [-0.2, 0) is 11.2 Å². The molecular weight excluding hydrogens is 232 g/mol. The van der Waals surface area contributed by atoms with Crippen LogP contribution < -0.4 is 5.73 Å². The van der Waals surface area contributed by atoms with E-state index in [1.165, 1.54) is 7.11 Å². The van der Waals surface area contributed by atoms with Gasteiger partial charge in [0.25, 0.3) is 0 Å². The first-order chi connectivity index (χ1) is 8.42. The van der Waals surface area contributed by atoms with Gasteiger partial charge in [0.15, 0.2) is 5.69 Å². The van der Waals surface area contributed by atoms with Gasteiger partial charge in [0.05, 0.1) is 7.11 Å². The third-order valence-electron chi connectivity index (χ3n) is 2.79. The molecule has 2 N–H and O–H groups in total. The van der Waals surface area contributed by atoms with Crippen LogP contribution in [0.4, 0.5) is 5.82 Å². The van der Waals surface area contributed by atoms with Gasteiger partial charge < -0.3 is 19.9 Å². The number of imidazole rings is 1. The average Bonchev–Trinajstić information content (AvgIpc) is 2.64. The molecule has 1 aromatic heterocycles. The molecule has 0 bridgehead atoms. The lowest BCUT2D eigenvalue weighted by atomic mass is 10.3. The third-order valence-corrected chi connectivity index (χ3v) is 2.79. The Hall–Kier alpha value is -1.56. The Morgan fingerprint density at radius 1 is 1.56 bits per heavy atom. The van der Waals surface area contributed by atoms with E-state index in [0.29, 0.717) is 5.82 Å². The van der Waals surface area contributed by atoms with Gasteiger partial charge in [-0.3, -0.25) is 0 Å². The minimum Gasteiger partial charge on any atom is -0.464 e. The summed E-state index contributed by atoms with van der Waals surface area (Å²) in [6.07, 6.45) is 0.721. The van der Waals surface area contributed by atoms with Crippen LogP contribution in [0.2, 0.25) is 0 Å². The molecule has 6 nitrogen and oxygen atoms in total. The van der Waals surface area contributed by atoms with Crippen molar-refractivity contribution < 1.29 is 9.53 Å². The van der Waals surface area contributed by atoms with Crippen molar-refractivity contribution in [2.45, 2.75) is 26.3 Å². The molecule has 0 spiro atoms. The topological polar surface area (TPSA) is 73.4 Å². The van der Waals surface area contributed by atoms with E-state index >= 15 is 0 Å². The molecule has 0 saturated carbocycles. The summed E-state index contributed by atoms with van der Waals surface area (Å²) in [6, 6.07) is 0.154. The van der Waals surface area contributed by atoms with Crippen LogP contribution in [0.15, 0.2) is 0 Å². The van der Waals surface area contributed by atoms with Gasteiger partial charge in [0, 0.05) is 19.0 Å². The second-order valence-electron chi connectivity index (χ2n) is 4.59. The van der Waals surface area contributed by atoms with E-state index in [-0.39, 0.29) is 11.7 Å². The first kappa shape index (κ1) is 14.5. The zero-order valence-electron chi connectivity index (χ0n) is 11.7. The summed E-state index contributed by atoms with van der Waals surface area (Å²) in [5, 5.41) is 0. The standard InChI is InChI=1S/C12H22N4O2/c1-6-9-14-10(12(17)18-5)11(13)16(9)8(2)7-15(3)4/h8H,6-7,13H2,1-5H3. The van der Waals surface area contributed by atoms with Crippen LogP contribution in [0.25, 0.3) is 0 Å². The van der Waals surface area contributed by atoms with Crippen molar-refractivity contribution in [3.05, 3.63) is 11.5 Å². The predicted molar refractivity (Wildman–Crippen MR) is 70.6 cm³/mol. The fraction of sp³-hybridized carbons (Fsp3) is 0.667. The molecule has 0 amide bonds. The minimum atomic E-state index is -0.488. The number of aryl methyl sites for hydroxylation is 1. The van der Waals surface area contributed by atoms with Gasteiger partial charge in [-0.05, 0) is 21.0 Å². The normalized spacial score (nSPS) is 12.8. The van der Waals surface area contributed by atoms with Crippen molar-refractivity contribution in [3.63, 3.8) is 0 Å². The molecule has 1 heterocycles. The number of carbonyl (C=O) groups excluding carboxylic acids is 1. The number of ether oxygens (including phenoxy) is 1. The Balaban J connectivity index is 3.17. The number of likely N-dealkylation sites (N-methyl/N-ethyl adjacent to an activating group) is 1. The smallest absolute Gasteiger partial charge is 0.360 e. The van der Waals surface area contributed by atoms with Crippen molar-refractivity contribution in [1.82, 2.24) is 14.5 Å². The number of nitrogens with two attached hydrogens (primary N) is 1. The van der Waals surface area contributed by atoms with Crippen LogP contribution in [0.3, 0.4) is 0 Å². The lowest BCUT2D eigenvalue weighted by molar-refractivity contribution is 0.0595. The van der Waals surface area contributed by atoms with Gasteiger partial charge in [-0.2, -0.15) is 0 Å². The third kappa shape index (κ3) is 2.81. The summed E-state index contributed by atoms with van der Waals surface area (Å²) in [5.74, 6) is 0.702. The fourth-order valence-corrected chi connectivity index (χ4v) is 2.09. The number of rotatable bonds is 5. The molecule has 0 aliphatic rings. The van der Waals surface area contributed by atoms with Crippen LogP contribution >= 0.6 is 0 Å². The van der Waals surface area contributed by atoms with Crippen LogP contribution in [0.5, 0.6) is 0 Å². The van der Waals surface area contributed by atoms with Gasteiger partial charge >= 0.3 is 5.97 Å². The Labute approximate surface area is 108 Å². The summed E-state index contributed by atoms with van der Waals surface area (Å²) < 4.78 is 6.59. The second kappa shape index (κ2) is 5.86. The highest BCUT2D eigenvalue weighted by molar-refractivity contribution is 5.92. The molecule has 0 aliphatic carbocycles. The molecule has 0 saturated heterocycles. The van der Waals surface area contributed by atoms with Crippen LogP contribution in [-0.4, -0.2) is 48.2 Å². The molecule has 1 atom stereocenters. The van der Waals surface area contributed by atoms with Crippen molar-refractivity contribution in [2.24, 2.45) is 0 Å². The molecule has 1 rings (SSSR count). The first-order valence-electron chi connectivity index (χ1n) is 6.01. The second-order valence-corrected chi connectivity index (χ2v) is 4.59. The molecule has 6 heteroatoms. The number of anilines is 1. The molecule has 0 aromatic carbocycles. The van der Waals surface area contributed by atoms with Crippen molar-refractivity contribution in [1.29, 1.82) is 0 Å². The van der Waals surface area contributed by atoms with Gasteiger partial charge in [-0.25, -0.2) is 9.78 Å². The Kier molecular flexibility index (Phi) is 4.72. The predicted octanol–water partition coefficient (Wildman–Crippen LogP) is 0.937. The number of hydrogen-bond donors (Lipinski definition) is 1. The van der Waals surface area contributed by atoms with E-state index in [0.717, 1.165) is 18.8 Å². The fourth-order valence-electron chi connectivity index (χ4n) is 2.09. The molecule has 102 valence electrons. The van der Waals surface area contributed by atoms with Crippen LogP contribution in [0, 0.1) is 0 Å². The number of hydrogen-bond acceptors (Lipinski definition) is 5. The van der Waals surface area contributed by atoms with E-state index in [1.807, 2.05) is 25.6 Å². The molecule has 0 fully saturated rings. The summed E-state index contributed by atoms with van der Waals surface area (Å²) >= 11 is 0. The SMILES string of the molecule is CCc1nc(C(=O)OC)c(N)n1C(C)CN(C)C. The molecule has 0 radical (unpaired) electrons. The van der Waals surface area contributed by atoms with E-state index in [1.54, 1.807) is 0 Å². The quantitative estimate of drug-likeness (QED) is 0.791. The summed E-state index contributed by atoms with van der Waals surface area (Å²) in [5.41, 5.74) is 6.22. The number of nitrogens with zero attached hydrogens (tertiary/aromatic N) is 3. The minimum absolute atomic E-state index is 0.154. The Bertz CT molecular complexity index is 426. The summed E-state index contributed by atoms with van der Waals surface area (Å²) in [6.45, 7) is 4.87. The monoisotopic (exact) mass is 254 g/mol. The average molecular weight is 254 g/mol. The Morgan fingerprint density at radius 3 is 2.61 bits per heavy atom. The molecular formula is C12H22N4O2. The molecule has 1 unspecified atom stereocenters. The van der Waals surface area contributed by atoms with Crippen molar-refractivity contribution in [2.75, 3.05) is 33.5 Å². The van der Waals surface area contributed by atoms with Gasteiger partial charge in [-0.1, -0.05) is 6.92 Å². The highest BCUT2D eigenvalue weighted by Crippen LogP contribution is 2.22. The number of esters is 1. The maximum Gasteiger partial charge on any atom is 0.360 e. The van der Waals surface area contributed by atoms with E-state index in [9.17, 15) is 4.79 Å². The molecule has 18 heavy (non-hydrogen) atoms. The lowest BCUT2D eigenvalue weighted by Crippen LogP contribution is -2.24. The van der Waals surface area contributed by atoms with Crippen molar-refractivity contribution >= 4 is 11.8 Å². The lowest BCUT2D eigenvalue weighted by Gasteiger charge is -2.21. The zero-order chi connectivity index (χ0) is 13.9. The van der Waals surface area contributed by atoms with Crippen molar-refractivity contribution in [3.8, 4) is 0 Å². The van der Waals surface area contributed by atoms with E-state index < -0.39 is 5.97 Å². The highest BCUT2D eigenvalue weighted by Gasteiger charge is 2.23. The van der Waals surface area contributed by atoms with Gasteiger partial charge in [0.2, 0.25) is 0 Å². The molecule has 1 aromatic rings. The maximum absolute atomic E-state index is 11.6. The first-order valence-corrected chi connectivity index (χ1v) is 6.01. The maximum atomic E-state index is 11.6. The number of nitrogen functional groups attached to an aromatic ring is 1. The largest absolute Gasteiger partial charge is 0.464 e. The van der Waals surface area contributed by atoms with Gasteiger partial charge in [-0.15, -0.1) is 0 Å². The number of aromatic nitrogens is 2. The van der Waals surface area contributed by atoms with E-state index in [4.69, 9.17) is 5.73 Å². The number of methoxy groups -OCH3 is 1. The molecule has 0 aliphatic heterocycles. The van der Waals surface area contributed by atoms with E-state index in [2.05, 4.69) is 21.5 Å². The summed E-state index contributed by atoms with van der Waals surface area (Å²) in [7, 11) is 5.32. The van der Waals surface area contributed by atoms with Crippen LogP contribution in [0.1, 0.15) is 36.2 Å². The van der Waals surface area contributed by atoms with Gasteiger partial charge in [0.1, 0.15) is 11.6 Å². The highest BCUT2D eigenvalue weighted by atomic mass is 16.5. The summed E-state index contributed by atoms with van der Waals surface area (Å²) in [4.78, 5) is 17.9.